The maximum absolute atomic E-state index is 11.4. The van der Waals surface area contributed by atoms with Gasteiger partial charge in [0.05, 0.1) is 9.83 Å². The van der Waals surface area contributed by atoms with Gasteiger partial charge in [-0.05, 0) is 34.5 Å². The number of amides is 1. The van der Waals surface area contributed by atoms with Crippen LogP contribution in [-0.4, -0.2) is 47.9 Å². The summed E-state index contributed by atoms with van der Waals surface area (Å²) in [5.74, 6) is -0.196. The van der Waals surface area contributed by atoms with E-state index < -0.39 is 0 Å². The number of piperazine rings is 1. The van der Waals surface area contributed by atoms with Crippen molar-refractivity contribution in [3.05, 3.63) is 20.8 Å². The Hall–Kier alpha value is -0.430. The van der Waals surface area contributed by atoms with Crippen molar-refractivity contribution in [2.45, 2.75) is 25.9 Å². The summed E-state index contributed by atoms with van der Waals surface area (Å²) in [6.07, 6.45) is 0.799. The number of rotatable bonds is 5. The molecule has 1 amide bonds. The number of primary amides is 1. The molecule has 0 saturated carbocycles. The molecule has 2 rings (SSSR count). The average Bonchev–Trinajstić information content (AvgIpc) is 2.77. The fourth-order valence-electron chi connectivity index (χ4n) is 2.53. The van der Waals surface area contributed by atoms with Crippen LogP contribution in [0.25, 0.3) is 0 Å². The van der Waals surface area contributed by atoms with Crippen molar-refractivity contribution in [2.24, 2.45) is 5.73 Å². The lowest BCUT2D eigenvalue weighted by molar-refractivity contribution is -0.124. The zero-order valence-electron chi connectivity index (χ0n) is 11.1. The van der Waals surface area contributed by atoms with Crippen LogP contribution in [0.2, 0.25) is 0 Å². The van der Waals surface area contributed by atoms with Crippen molar-refractivity contribution in [1.82, 2.24) is 9.80 Å². The maximum Gasteiger partial charge on any atom is 0.234 e. The monoisotopic (exact) mass is 345 g/mol. The first-order valence-electron chi connectivity index (χ1n) is 6.60. The molecule has 1 fully saturated rings. The minimum Gasteiger partial charge on any atom is -0.368 e. The SMILES string of the molecule is CCC(C(N)=O)N1CCN(Cc2ccc(Br)s2)CC1. The lowest BCUT2D eigenvalue weighted by Crippen LogP contribution is -2.53. The van der Waals surface area contributed by atoms with Crippen LogP contribution < -0.4 is 5.73 Å². The predicted molar refractivity (Wildman–Crippen MR) is 82.1 cm³/mol. The Morgan fingerprint density at radius 3 is 2.58 bits per heavy atom. The molecule has 6 heteroatoms. The summed E-state index contributed by atoms with van der Waals surface area (Å²) in [5, 5.41) is 0. The van der Waals surface area contributed by atoms with E-state index in [1.807, 2.05) is 6.92 Å². The third-order valence-electron chi connectivity index (χ3n) is 3.57. The minimum atomic E-state index is -0.196. The standard InChI is InChI=1S/C13H20BrN3OS/c1-2-11(13(15)18)17-7-5-16(6-8-17)9-10-3-4-12(14)19-10/h3-4,11H,2,5-9H2,1H3,(H2,15,18). The number of hydrogen-bond acceptors (Lipinski definition) is 4. The summed E-state index contributed by atoms with van der Waals surface area (Å²) in [6.45, 7) is 6.86. The van der Waals surface area contributed by atoms with Crippen LogP contribution in [0.1, 0.15) is 18.2 Å². The van der Waals surface area contributed by atoms with Gasteiger partial charge in [0.25, 0.3) is 0 Å². The van der Waals surface area contributed by atoms with Gasteiger partial charge in [-0.2, -0.15) is 0 Å². The van der Waals surface area contributed by atoms with Gasteiger partial charge in [0.15, 0.2) is 0 Å². The van der Waals surface area contributed by atoms with E-state index in [9.17, 15) is 4.79 Å². The molecule has 1 aromatic heterocycles. The quantitative estimate of drug-likeness (QED) is 0.886. The third-order valence-corrected chi connectivity index (χ3v) is 5.18. The van der Waals surface area contributed by atoms with Crippen LogP contribution in [0.5, 0.6) is 0 Å². The highest BCUT2D eigenvalue weighted by Crippen LogP contribution is 2.23. The van der Waals surface area contributed by atoms with E-state index in [2.05, 4.69) is 37.9 Å². The number of nitrogens with two attached hydrogens (primary N) is 1. The van der Waals surface area contributed by atoms with Gasteiger partial charge >= 0.3 is 0 Å². The summed E-state index contributed by atoms with van der Waals surface area (Å²) in [6, 6.07) is 4.16. The molecule has 19 heavy (non-hydrogen) atoms. The summed E-state index contributed by atoms with van der Waals surface area (Å²) < 4.78 is 1.18. The molecule has 4 nitrogen and oxygen atoms in total. The van der Waals surface area contributed by atoms with Crippen LogP contribution >= 0.6 is 27.3 Å². The number of nitrogens with zero attached hydrogens (tertiary/aromatic N) is 2. The molecule has 1 saturated heterocycles. The lowest BCUT2D eigenvalue weighted by Gasteiger charge is -2.37. The molecular weight excluding hydrogens is 326 g/mol. The summed E-state index contributed by atoms with van der Waals surface area (Å²) in [4.78, 5) is 17.4. The minimum absolute atomic E-state index is 0.0990. The van der Waals surface area contributed by atoms with Gasteiger partial charge in [-0.3, -0.25) is 14.6 Å². The first kappa shape index (κ1) is 15.0. The first-order valence-corrected chi connectivity index (χ1v) is 8.21. The fourth-order valence-corrected chi connectivity index (χ4v) is 4.06. The molecule has 1 aromatic rings. The van der Waals surface area contributed by atoms with Crippen LogP contribution in [0, 0.1) is 0 Å². The first-order chi connectivity index (χ1) is 9.10. The number of carbonyl (C=O) groups is 1. The van der Waals surface area contributed by atoms with E-state index in [0.29, 0.717) is 0 Å². The molecule has 0 radical (unpaired) electrons. The second-order valence-electron chi connectivity index (χ2n) is 4.84. The Morgan fingerprint density at radius 1 is 1.42 bits per heavy atom. The number of thiophene rings is 1. The highest BCUT2D eigenvalue weighted by Gasteiger charge is 2.26. The van der Waals surface area contributed by atoms with Crippen molar-refractivity contribution < 1.29 is 4.79 Å². The van der Waals surface area contributed by atoms with Gasteiger partial charge in [0.2, 0.25) is 5.91 Å². The van der Waals surface area contributed by atoms with Crippen LogP contribution in [0.15, 0.2) is 15.9 Å². The molecular formula is C13H20BrN3OS. The average molecular weight is 346 g/mol. The molecule has 1 aliphatic heterocycles. The summed E-state index contributed by atoms with van der Waals surface area (Å²) in [7, 11) is 0. The molecule has 2 N–H and O–H groups in total. The van der Waals surface area contributed by atoms with E-state index in [0.717, 1.165) is 39.1 Å². The summed E-state index contributed by atoms with van der Waals surface area (Å²) in [5.41, 5.74) is 5.44. The molecule has 0 aliphatic carbocycles. The predicted octanol–water partition coefficient (Wildman–Crippen LogP) is 1.89. The fraction of sp³-hybridized carbons (Fsp3) is 0.615. The highest BCUT2D eigenvalue weighted by molar-refractivity contribution is 9.11. The largest absolute Gasteiger partial charge is 0.368 e. The van der Waals surface area contributed by atoms with E-state index in [-0.39, 0.29) is 11.9 Å². The van der Waals surface area contributed by atoms with Crippen molar-refractivity contribution in [2.75, 3.05) is 26.2 Å². The van der Waals surface area contributed by atoms with Gasteiger partial charge in [0, 0.05) is 37.6 Å². The van der Waals surface area contributed by atoms with Crippen LogP contribution in [-0.2, 0) is 11.3 Å². The Balaban J connectivity index is 1.83. The van der Waals surface area contributed by atoms with Gasteiger partial charge in [0.1, 0.15) is 0 Å². The van der Waals surface area contributed by atoms with Gasteiger partial charge < -0.3 is 5.73 Å². The Bertz CT molecular complexity index is 429. The normalized spacial score (nSPS) is 19.5. The van der Waals surface area contributed by atoms with Crippen molar-refractivity contribution in [3.63, 3.8) is 0 Å². The smallest absolute Gasteiger partial charge is 0.234 e. The maximum atomic E-state index is 11.4. The molecule has 1 unspecified atom stereocenters. The van der Waals surface area contributed by atoms with Crippen molar-refractivity contribution >= 4 is 33.2 Å². The van der Waals surface area contributed by atoms with Crippen LogP contribution in [0.4, 0.5) is 0 Å². The van der Waals surface area contributed by atoms with E-state index in [1.54, 1.807) is 11.3 Å². The Kier molecular flexibility index (Phi) is 5.38. The number of halogens is 1. The third kappa shape index (κ3) is 4.02. The topological polar surface area (TPSA) is 49.6 Å². The zero-order valence-corrected chi connectivity index (χ0v) is 13.5. The molecule has 2 heterocycles. The van der Waals surface area contributed by atoms with E-state index in [4.69, 9.17) is 5.73 Å². The molecule has 0 aromatic carbocycles. The van der Waals surface area contributed by atoms with E-state index >= 15 is 0 Å². The molecule has 1 aliphatic rings. The number of hydrogen-bond donors (Lipinski definition) is 1. The molecule has 0 spiro atoms. The Morgan fingerprint density at radius 2 is 2.11 bits per heavy atom. The van der Waals surface area contributed by atoms with Crippen LogP contribution in [0.3, 0.4) is 0 Å². The molecule has 1 atom stereocenters. The number of carbonyl (C=O) groups excluding carboxylic acids is 1. The lowest BCUT2D eigenvalue weighted by atomic mass is 10.1. The Labute approximate surface area is 126 Å². The van der Waals surface area contributed by atoms with Gasteiger partial charge in [-0.25, -0.2) is 0 Å². The van der Waals surface area contributed by atoms with E-state index in [1.165, 1.54) is 8.66 Å². The van der Waals surface area contributed by atoms with Crippen molar-refractivity contribution in [1.29, 1.82) is 0 Å². The van der Waals surface area contributed by atoms with Gasteiger partial charge in [-0.1, -0.05) is 6.92 Å². The molecule has 0 bridgehead atoms. The second-order valence-corrected chi connectivity index (χ2v) is 7.39. The molecule has 106 valence electrons. The zero-order chi connectivity index (χ0) is 13.8. The highest BCUT2D eigenvalue weighted by atomic mass is 79.9. The summed E-state index contributed by atoms with van der Waals surface area (Å²) >= 11 is 5.28. The second kappa shape index (κ2) is 6.83. The van der Waals surface area contributed by atoms with Gasteiger partial charge in [-0.15, -0.1) is 11.3 Å². The van der Waals surface area contributed by atoms with Crippen molar-refractivity contribution in [3.8, 4) is 0 Å².